The summed E-state index contributed by atoms with van der Waals surface area (Å²) in [6.45, 7) is 1.21. The second-order valence-corrected chi connectivity index (χ2v) is 5.75. The van der Waals surface area contributed by atoms with Crippen molar-refractivity contribution in [1.29, 1.82) is 0 Å². The summed E-state index contributed by atoms with van der Waals surface area (Å²) in [5.74, 6) is -1.66. The van der Waals surface area contributed by atoms with E-state index < -0.39 is 22.8 Å². The van der Waals surface area contributed by atoms with Gasteiger partial charge in [0.1, 0.15) is 6.04 Å². The van der Waals surface area contributed by atoms with E-state index in [0.717, 1.165) is 11.8 Å². The van der Waals surface area contributed by atoms with E-state index in [1.165, 1.54) is 19.1 Å². The molecule has 20 heavy (non-hydrogen) atoms. The summed E-state index contributed by atoms with van der Waals surface area (Å²) in [6.07, 6.45) is 0. The molecular formula is C11H11BrN2O5S. The SMILES string of the molecule is CC(=O)NC(CSc1ccc(Br)cc1[N+](=O)[O-])C(=O)O. The number of halogens is 1. The Hall–Kier alpha value is -1.61. The molecule has 0 aliphatic carbocycles. The number of rotatable bonds is 6. The van der Waals surface area contributed by atoms with Crippen LogP contribution in [0.2, 0.25) is 0 Å². The van der Waals surface area contributed by atoms with Gasteiger partial charge in [0.05, 0.1) is 9.82 Å². The molecule has 1 aromatic carbocycles. The summed E-state index contributed by atoms with van der Waals surface area (Å²) >= 11 is 4.14. The van der Waals surface area contributed by atoms with Crippen LogP contribution in [0.25, 0.3) is 0 Å². The summed E-state index contributed by atoms with van der Waals surface area (Å²) in [6, 6.07) is 3.40. The number of benzene rings is 1. The van der Waals surface area contributed by atoms with Crippen molar-refractivity contribution >= 4 is 45.3 Å². The Morgan fingerprint density at radius 2 is 2.20 bits per heavy atom. The second kappa shape index (κ2) is 7.25. The first kappa shape index (κ1) is 16.4. The Kier molecular flexibility index (Phi) is 5.96. The number of hydrogen-bond donors (Lipinski definition) is 2. The fourth-order valence-corrected chi connectivity index (χ4v) is 2.72. The van der Waals surface area contributed by atoms with E-state index in [-0.39, 0.29) is 11.4 Å². The fourth-order valence-electron chi connectivity index (χ4n) is 1.35. The Morgan fingerprint density at radius 3 is 2.70 bits per heavy atom. The van der Waals surface area contributed by atoms with Crippen molar-refractivity contribution in [3.05, 3.63) is 32.8 Å². The van der Waals surface area contributed by atoms with Gasteiger partial charge in [0, 0.05) is 23.2 Å². The minimum absolute atomic E-state index is 0.00259. The number of carboxylic acid groups (broad SMARTS) is 1. The highest BCUT2D eigenvalue weighted by atomic mass is 79.9. The van der Waals surface area contributed by atoms with Crippen LogP contribution >= 0.6 is 27.7 Å². The third-order valence-corrected chi connectivity index (χ3v) is 3.85. The zero-order chi connectivity index (χ0) is 15.3. The van der Waals surface area contributed by atoms with Gasteiger partial charge < -0.3 is 10.4 Å². The molecule has 1 aromatic rings. The molecule has 0 fully saturated rings. The lowest BCUT2D eigenvalue weighted by Crippen LogP contribution is -2.41. The third kappa shape index (κ3) is 4.82. The van der Waals surface area contributed by atoms with Gasteiger partial charge in [-0.1, -0.05) is 15.9 Å². The summed E-state index contributed by atoms with van der Waals surface area (Å²) < 4.78 is 0.560. The number of carboxylic acids is 1. The van der Waals surface area contributed by atoms with E-state index in [1.54, 1.807) is 6.07 Å². The van der Waals surface area contributed by atoms with E-state index >= 15 is 0 Å². The average molecular weight is 363 g/mol. The van der Waals surface area contributed by atoms with Crippen LogP contribution in [0.3, 0.4) is 0 Å². The molecule has 1 atom stereocenters. The number of nitro benzene ring substituents is 1. The zero-order valence-electron chi connectivity index (χ0n) is 10.3. The summed E-state index contributed by atoms with van der Waals surface area (Å²) in [4.78, 5) is 32.6. The number of hydrogen-bond acceptors (Lipinski definition) is 5. The van der Waals surface area contributed by atoms with Gasteiger partial charge >= 0.3 is 5.97 Å². The zero-order valence-corrected chi connectivity index (χ0v) is 12.7. The van der Waals surface area contributed by atoms with Crippen LogP contribution in [0.5, 0.6) is 0 Å². The number of nitrogens with one attached hydrogen (secondary N) is 1. The number of carbonyl (C=O) groups is 2. The quantitative estimate of drug-likeness (QED) is 0.455. The summed E-state index contributed by atoms with van der Waals surface area (Å²) in [7, 11) is 0. The van der Waals surface area contributed by atoms with Crippen LogP contribution in [0.15, 0.2) is 27.6 Å². The van der Waals surface area contributed by atoms with Crippen molar-refractivity contribution < 1.29 is 19.6 Å². The number of thioether (sulfide) groups is 1. The molecule has 1 unspecified atom stereocenters. The van der Waals surface area contributed by atoms with Gasteiger partial charge in [-0.15, -0.1) is 11.8 Å². The van der Waals surface area contributed by atoms with Crippen molar-refractivity contribution in [2.24, 2.45) is 0 Å². The van der Waals surface area contributed by atoms with Crippen molar-refractivity contribution in [3.8, 4) is 0 Å². The standard InChI is InChI=1S/C11H11BrN2O5S/c1-6(15)13-8(11(16)17)5-20-10-3-2-7(12)4-9(10)14(18)19/h2-4,8H,5H2,1H3,(H,13,15)(H,16,17). The van der Waals surface area contributed by atoms with Crippen molar-refractivity contribution in [2.75, 3.05) is 5.75 Å². The first-order valence-electron chi connectivity index (χ1n) is 5.38. The predicted octanol–water partition coefficient (Wildman–Crippen LogP) is 2.04. The van der Waals surface area contributed by atoms with Crippen molar-refractivity contribution in [2.45, 2.75) is 17.9 Å². The van der Waals surface area contributed by atoms with Gasteiger partial charge in [-0.25, -0.2) is 4.79 Å². The molecule has 0 radical (unpaired) electrons. The lowest BCUT2D eigenvalue weighted by Gasteiger charge is -2.12. The van der Waals surface area contributed by atoms with E-state index in [4.69, 9.17) is 5.11 Å². The van der Waals surface area contributed by atoms with Gasteiger partial charge in [-0.3, -0.25) is 14.9 Å². The van der Waals surface area contributed by atoms with Gasteiger partial charge in [-0.2, -0.15) is 0 Å². The van der Waals surface area contributed by atoms with Gasteiger partial charge in [0.2, 0.25) is 5.91 Å². The highest BCUT2D eigenvalue weighted by molar-refractivity contribution is 9.10. The van der Waals surface area contributed by atoms with Crippen LogP contribution in [-0.2, 0) is 9.59 Å². The monoisotopic (exact) mass is 362 g/mol. The third-order valence-electron chi connectivity index (χ3n) is 2.20. The Morgan fingerprint density at radius 1 is 1.55 bits per heavy atom. The van der Waals surface area contributed by atoms with E-state index in [1.807, 2.05) is 0 Å². The predicted molar refractivity (Wildman–Crippen MR) is 76.8 cm³/mol. The minimum Gasteiger partial charge on any atom is -0.480 e. The smallest absolute Gasteiger partial charge is 0.327 e. The minimum atomic E-state index is -1.19. The van der Waals surface area contributed by atoms with E-state index in [0.29, 0.717) is 9.37 Å². The molecule has 2 N–H and O–H groups in total. The van der Waals surface area contributed by atoms with Crippen LogP contribution in [0, 0.1) is 10.1 Å². The number of amides is 1. The number of aliphatic carboxylic acids is 1. The highest BCUT2D eigenvalue weighted by Crippen LogP contribution is 2.32. The highest BCUT2D eigenvalue weighted by Gasteiger charge is 2.21. The van der Waals surface area contributed by atoms with Crippen molar-refractivity contribution in [1.82, 2.24) is 5.32 Å². The van der Waals surface area contributed by atoms with Crippen LogP contribution in [-0.4, -0.2) is 33.7 Å². The summed E-state index contributed by atoms with van der Waals surface area (Å²) in [5.41, 5.74) is -0.115. The van der Waals surface area contributed by atoms with Crippen LogP contribution in [0.1, 0.15) is 6.92 Å². The number of nitrogens with zero attached hydrogens (tertiary/aromatic N) is 1. The second-order valence-electron chi connectivity index (χ2n) is 3.77. The largest absolute Gasteiger partial charge is 0.480 e. The maximum Gasteiger partial charge on any atom is 0.327 e. The molecule has 9 heteroatoms. The fraction of sp³-hybridized carbons (Fsp3) is 0.273. The van der Waals surface area contributed by atoms with E-state index in [9.17, 15) is 19.7 Å². The topological polar surface area (TPSA) is 110 Å². The molecule has 1 rings (SSSR count). The molecule has 0 bridgehead atoms. The number of carbonyl (C=O) groups excluding carboxylic acids is 1. The Balaban J connectivity index is 2.85. The van der Waals surface area contributed by atoms with Gasteiger partial charge in [-0.05, 0) is 12.1 Å². The van der Waals surface area contributed by atoms with Gasteiger partial charge in [0.15, 0.2) is 0 Å². The normalized spacial score (nSPS) is 11.7. The van der Waals surface area contributed by atoms with Crippen LogP contribution < -0.4 is 5.32 Å². The first-order valence-corrected chi connectivity index (χ1v) is 7.15. The van der Waals surface area contributed by atoms with E-state index in [2.05, 4.69) is 21.2 Å². The maximum atomic E-state index is 11.0. The molecule has 0 spiro atoms. The molecule has 0 heterocycles. The Bertz CT molecular complexity index is 552. The average Bonchev–Trinajstić information content (AvgIpc) is 2.34. The molecule has 108 valence electrons. The molecule has 0 saturated carbocycles. The molecule has 7 nitrogen and oxygen atoms in total. The molecule has 0 aliphatic heterocycles. The van der Waals surface area contributed by atoms with Gasteiger partial charge in [0.25, 0.3) is 5.69 Å². The Labute approximate surface area is 127 Å². The molecule has 1 amide bonds. The first-order chi connectivity index (χ1) is 9.31. The molecule has 0 saturated heterocycles. The number of nitro groups is 1. The molecule has 0 aromatic heterocycles. The summed E-state index contributed by atoms with van der Waals surface area (Å²) in [5, 5.41) is 22.1. The van der Waals surface area contributed by atoms with Crippen LogP contribution in [0.4, 0.5) is 5.69 Å². The molecule has 0 aliphatic rings. The lowest BCUT2D eigenvalue weighted by molar-refractivity contribution is -0.387. The maximum absolute atomic E-state index is 11.0. The lowest BCUT2D eigenvalue weighted by atomic mass is 10.3. The molecular weight excluding hydrogens is 352 g/mol. The van der Waals surface area contributed by atoms with Crippen molar-refractivity contribution in [3.63, 3.8) is 0 Å².